The fourth-order valence-corrected chi connectivity index (χ4v) is 1.79. The lowest BCUT2D eigenvalue weighted by molar-refractivity contribution is 0.0602. The molecule has 3 N–H and O–H groups in total. The van der Waals surface area contributed by atoms with E-state index in [2.05, 4.69) is 15.0 Å². The van der Waals surface area contributed by atoms with Gasteiger partial charge in [0.05, 0.1) is 19.8 Å². The number of benzene rings is 1. The van der Waals surface area contributed by atoms with E-state index in [1.165, 1.54) is 7.11 Å². The van der Waals surface area contributed by atoms with Crippen LogP contribution < -0.4 is 15.8 Å². The first kappa shape index (κ1) is 14.6. The number of anilines is 2. The number of carbonyl (C=O) groups is 1. The number of nitrogens with two attached hydrogens (primary N) is 1. The zero-order valence-electron chi connectivity index (χ0n) is 11.9. The number of pyridine rings is 1. The molecule has 2 rings (SSSR count). The molecule has 6 nitrogen and oxygen atoms in total. The monoisotopic (exact) mass is 287 g/mol. The fraction of sp³-hybridized carbons (Fsp3) is 0.200. The SMILES string of the molecule is COC(=O)c1cc(NCc2ccc(OC)nc2)ccc1N. The highest BCUT2D eigenvalue weighted by molar-refractivity contribution is 5.96. The van der Waals surface area contributed by atoms with E-state index >= 15 is 0 Å². The maximum Gasteiger partial charge on any atom is 0.340 e. The van der Waals surface area contributed by atoms with Gasteiger partial charge >= 0.3 is 5.97 Å². The van der Waals surface area contributed by atoms with Crippen LogP contribution in [0, 0.1) is 0 Å². The third-order valence-electron chi connectivity index (χ3n) is 2.96. The minimum Gasteiger partial charge on any atom is -0.481 e. The Balaban J connectivity index is 2.07. The Labute approximate surface area is 122 Å². The van der Waals surface area contributed by atoms with Gasteiger partial charge < -0.3 is 20.5 Å². The van der Waals surface area contributed by atoms with Crippen LogP contribution in [-0.2, 0) is 11.3 Å². The summed E-state index contributed by atoms with van der Waals surface area (Å²) in [6.07, 6.45) is 1.73. The molecule has 1 aromatic heterocycles. The van der Waals surface area contributed by atoms with Crippen molar-refractivity contribution in [1.82, 2.24) is 4.98 Å². The molecule has 0 aliphatic carbocycles. The molecule has 6 heteroatoms. The van der Waals surface area contributed by atoms with Gasteiger partial charge in [0.25, 0.3) is 0 Å². The van der Waals surface area contributed by atoms with Gasteiger partial charge in [0.1, 0.15) is 0 Å². The number of ether oxygens (including phenoxy) is 2. The maximum atomic E-state index is 11.6. The average molecular weight is 287 g/mol. The van der Waals surface area contributed by atoms with Crippen LogP contribution in [0.25, 0.3) is 0 Å². The number of nitrogens with zero attached hydrogens (tertiary/aromatic N) is 1. The molecule has 0 aliphatic heterocycles. The Morgan fingerprint density at radius 1 is 1.29 bits per heavy atom. The standard InChI is InChI=1S/C15H17N3O3/c1-20-14-6-3-10(9-18-14)8-17-11-4-5-13(16)12(7-11)15(19)21-2/h3-7,9,17H,8,16H2,1-2H3. The van der Waals surface area contributed by atoms with Crippen molar-refractivity contribution in [2.45, 2.75) is 6.54 Å². The van der Waals surface area contributed by atoms with Gasteiger partial charge in [0.2, 0.25) is 5.88 Å². The second-order valence-electron chi connectivity index (χ2n) is 4.36. The molecule has 1 heterocycles. The van der Waals surface area contributed by atoms with Crippen LogP contribution in [0.1, 0.15) is 15.9 Å². The van der Waals surface area contributed by atoms with Crippen LogP contribution in [0.2, 0.25) is 0 Å². The number of aromatic nitrogens is 1. The van der Waals surface area contributed by atoms with Crippen molar-refractivity contribution in [3.63, 3.8) is 0 Å². The summed E-state index contributed by atoms with van der Waals surface area (Å²) in [6, 6.07) is 8.84. The third-order valence-corrected chi connectivity index (χ3v) is 2.96. The Hall–Kier alpha value is -2.76. The molecule has 0 radical (unpaired) electrons. The number of hydrogen-bond acceptors (Lipinski definition) is 6. The highest BCUT2D eigenvalue weighted by Gasteiger charge is 2.10. The van der Waals surface area contributed by atoms with E-state index in [4.69, 9.17) is 10.5 Å². The van der Waals surface area contributed by atoms with Gasteiger partial charge in [-0.1, -0.05) is 6.07 Å². The summed E-state index contributed by atoms with van der Waals surface area (Å²) in [7, 11) is 2.90. The quantitative estimate of drug-likeness (QED) is 0.646. The van der Waals surface area contributed by atoms with Crippen molar-refractivity contribution in [3.05, 3.63) is 47.7 Å². The molecule has 0 saturated heterocycles. The number of hydrogen-bond donors (Lipinski definition) is 2. The second kappa shape index (κ2) is 6.60. The van der Waals surface area contributed by atoms with Gasteiger partial charge in [0, 0.05) is 30.2 Å². The van der Waals surface area contributed by atoms with Crippen LogP contribution in [0.4, 0.5) is 11.4 Å². The molecule has 0 spiro atoms. The number of carbonyl (C=O) groups excluding carboxylic acids is 1. The van der Waals surface area contributed by atoms with Crippen LogP contribution in [0.5, 0.6) is 5.88 Å². The molecule has 2 aromatic rings. The van der Waals surface area contributed by atoms with Gasteiger partial charge in [0.15, 0.2) is 0 Å². The molecule has 1 aromatic carbocycles. The van der Waals surface area contributed by atoms with Gasteiger partial charge in [-0.2, -0.15) is 0 Å². The zero-order chi connectivity index (χ0) is 15.2. The smallest absolute Gasteiger partial charge is 0.340 e. The minimum absolute atomic E-state index is 0.343. The lowest BCUT2D eigenvalue weighted by Crippen LogP contribution is -2.07. The number of rotatable bonds is 5. The van der Waals surface area contributed by atoms with Gasteiger partial charge in [-0.05, 0) is 23.8 Å². The predicted molar refractivity (Wildman–Crippen MR) is 80.3 cm³/mol. The Kier molecular flexibility index (Phi) is 4.61. The molecular weight excluding hydrogens is 270 g/mol. The summed E-state index contributed by atoms with van der Waals surface area (Å²) in [6.45, 7) is 0.571. The van der Waals surface area contributed by atoms with Crippen molar-refractivity contribution >= 4 is 17.3 Å². The minimum atomic E-state index is -0.456. The highest BCUT2D eigenvalue weighted by Crippen LogP contribution is 2.19. The van der Waals surface area contributed by atoms with Crippen LogP contribution >= 0.6 is 0 Å². The molecule has 0 amide bonds. The average Bonchev–Trinajstić information content (AvgIpc) is 2.53. The Morgan fingerprint density at radius 3 is 2.71 bits per heavy atom. The number of nitrogens with one attached hydrogen (secondary N) is 1. The lowest BCUT2D eigenvalue weighted by atomic mass is 10.1. The highest BCUT2D eigenvalue weighted by atomic mass is 16.5. The van der Waals surface area contributed by atoms with E-state index in [1.54, 1.807) is 37.6 Å². The van der Waals surface area contributed by atoms with Crippen molar-refractivity contribution in [2.24, 2.45) is 0 Å². The zero-order valence-corrected chi connectivity index (χ0v) is 11.9. The molecule has 0 atom stereocenters. The first-order valence-electron chi connectivity index (χ1n) is 6.34. The molecular formula is C15H17N3O3. The molecule has 0 aliphatic rings. The predicted octanol–water partition coefficient (Wildman–Crippen LogP) is 2.07. The molecule has 0 bridgehead atoms. The summed E-state index contributed by atoms with van der Waals surface area (Å²) in [5, 5.41) is 3.20. The summed E-state index contributed by atoms with van der Waals surface area (Å²) in [5.74, 6) is 0.112. The van der Waals surface area contributed by atoms with E-state index in [1.807, 2.05) is 6.07 Å². The molecule has 21 heavy (non-hydrogen) atoms. The molecule has 0 unspecified atom stereocenters. The van der Waals surface area contributed by atoms with E-state index in [9.17, 15) is 4.79 Å². The van der Waals surface area contributed by atoms with Gasteiger partial charge in [-0.25, -0.2) is 9.78 Å². The van der Waals surface area contributed by atoms with Gasteiger partial charge in [-0.3, -0.25) is 0 Å². The topological polar surface area (TPSA) is 86.5 Å². The first-order valence-corrected chi connectivity index (χ1v) is 6.34. The number of methoxy groups -OCH3 is 2. The summed E-state index contributed by atoms with van der Waals surface area (Å²) >= 11 is 0. The van der Waals surface area contributed by atoms with E-state index < -0.39 is 5.97 Å². The summed E-state index contributed by atoms with van der Waals surface area (Å²) in [4.78, 5) is 15.7. The molecule has 0 saturated carbocycles. The third kappa shape index (κ3) is 3.62. The van der Waals surface area contributed by atoms with E-state index in [0.29, 0.717) is 23.7 Å². The van der Waals surface area contributed by atoms with Crippen molar-refractivity contribution in [1.29, 1.82) is 0 Å². The largest absolute Gasteiger partial charge is 0.481 e. The maximum absolute atomic E-state index is 11.6. The van der Waals surface area contributed by atoms with E-state index in [-0.39, 0.29) is 0 Å². The Morgan fingerprint density at radius 2 is 2.10 bits per heavy atom. The number of nitrogen functional groups attached to an aromatic ring is 1. The van der Waals surface area contributed by atoms with Crippen molar-refractivity contribution < 1.29 is 14.3 Å². The molecule has 110 valence electrons. The molecule has 0 fully saturated rings. The normalized spacial score (nSPS) is 10.0. The van der Waals surface area contributed by atoms with Crippen molar-refractivity contribution in [3.8, 4) is 5.88 Å². The van der Waals surface area contributed by atoms with Crippen molar-refractivity contribution in [2.75, 3.05) is 25.3 Å². The number of esters is 1. The summed E-state index contributed by atoms with van der Waals surface area (Å²) in [5.41, 5.74) is 8.25. The van der Waals surface area contributed by atoms with E-state index in [0.717, 1.165) is 11.3 Å². The van der Waals surface area contributed by atoms with Crippen LogP contribution in [-0.4, -0.2) is 25.2 Å². The van der Waals surface area contributed by atoms with Gasteiger partial charge in [-0.15, -0.1) is 0 Å². The lowest BCUT2D eigenvalue weighted by Gasteiger charge is -2.10. The summed E-state index contributed by atoms with van der Waals surface area (Å²) < 4.78 is 9.69. The Bertz CT molecular complexity index is 627. The van der Waals surface area contributed by atoms with Crippen LogP contribution in [0.3, 0.4) is 0 Å². The fourth-order valence-electron chi connectivity index (χ4n) is 1.79. The van der Waals surface area contributed by atoms with Crippen LogP contribution in [0.15, 0.2) is 36.5 Å². The second-order valence-corrected chi connectivity index (χ2v) is 4.36. The first-order chi connectivity index (χ1) is 10.1.